The molecule has 3 rings (SSSR count). The van der Waals surface area contributed by atoms with Gasteiger partial charge in [0.25, 0.3) is 10.0 Å². The molecule has 0 bridgehead atoms. The lowest BCUT2D eigenvalue weighted by molar-refractivity contribution is -0.141. The molecule has 0 heterocycles. The minimum atomic E-state index is -4.33. The van der Waals surface area contributed by atoms with Gasteiger partial charge in [-0.1, -0.05) is 42.3 Å². The summed E-state index contributed by atoms with van der Waals surface area (Å²) in [6.07, 6.45) is 0.279. The SMILES string of the molecule is CCC(C(=O)NC(C)(C)C)N(Cc1ccc(Cl)c(Cl)c1)C(=O)CN(c1cc(C)cc(C)c1)S(=O)(=O)c1ccc(OC)c(OC)c1. The number of aryl methyl sites for hydroxylation is 2. The van der Waals surface area contributed by atoms with E-state index in [1.807, 2.05) is 40.7 Å². The average molecular weight is 679 g/mol. The molecule has 9 nitrogen and oxygen atoms in total. The summed E-state index contributed by atoms with van der Waals surface area (Å²) in [5, 5.41) is 3.59. The zero-order chi connectivity index (χ0) is 33.7. The largest absolute Gasteiger partial charge is 0.493 e. The zero-order valence-electron chi connectivity index (χ0n) is 26.9. The van der Waals surface area contributed by atoms with E-state index < -0.39 is 34.1 Å². The predicted octanol–water partition coefficient (Wildman–Crippen LogP) is 6.54. The van der Waals surface area contributed by atoms with Crippen LogP contribution in [0.3, 0.4) is 0 Å². The first kappa shape index (κ1) is 36.0. The highest BCUT2D eigenvalue weighted by atomic mass is 35.5. The molecule has 0 aliphatic carbocycles. The van der Waals surface area contributed by atoms with E-state index in [1.165, 1.54) is 37.3 Å². The first-order valence-corrected chi connectivity index (χ1v) is 16.6. The molecule has 2 amide bonds. The Morgan fingerprint density at radius 2 is 1.51 bits per heavy atom. The molecule has 3 aromatic carbocycles. The van der Waals surface area contributed by atoms with Crippen LogP contribution in [0.5, 0.6) is 11.5 Å². The number of methoxy groups -OCH3 is 2. The van der Waals surface area contributed by atoms with Crippen molar-refractivity contribution < 1.29 is 27.5 Å². The lowest BCUT2D eigenvalue weighted by Crippen LogP contribution is -2.55. The lowest BCUT2D eigenvalue weighted by Gasteiger charge is -2.35. The van der Waals surface area contributed by atoms with E-state index in [-0.39, 0.29) is 29.5 Å². The fourth-order valence-corrected chi connectivity index (χ4v) is 6.67. The van der Waals surface area contributed by atoms with Gasteiger partial charge in [0.1, 0.15) is 12.6 Å². The second-order valence-corrected chi connectivity index (χ2v) is 14.5. The van der Waals surface area contributed by atoms with Crippen LogP contribution in [0.2, 0.25) is 10.0 Å². The second kappa shape index (κ2) is 14.7. The molecule has 244 valence electrons. The van der Waals surface area contributed by atoms with Gasteiger partial charge in [-0.05, 0) is 94.1 Å². The van der Waals surface area contributed by atoms with Crippen molar-refractivity contribution in [2.24, 2.45) is 0 Å². The topological polar surface area (TPSA) is 105 Å². The van der Waals surface area contributed by atoms with Crippen molar-refractivity contribution in [3.05, 3.63) is 81.3 Å². The Labute approximate surface area is 276 Å². The third-order valence-electron chi connectivity index (χ3n) is 6.94. The maximum atomic E-state index is 14.4. The molecular formula is C33H41Cl2N3O6S. The van der Waals surface area contributed by atoms with Gasteiger partial charge in [0.05, 0.1) is 34.8 Å². The number of ether oxygens (including phenoxy) is 2. The Kier molecular flexibility index (Phi) is 11.8. The number of hydrogen-bond acceptors (Lipinski definition) is 6. The summed E-state index contributed by atoms with van der Waals surface area (Å²) in [6, 6.07) is 13.6. The van der Waals surface area contributed by atoms with Crippen LogP contribution < -0.4 is 19.1 Å². The minimum Gasteiger partial charge on any atom is -0.493 e. The van der Waals surface area contributed by atoms with Gasteiger partial charge in [-0.25, -0.2) is 8.42 Å². The highest BCUT2D eigenvalue weighted by molar-refractivity contribution is 7.92. The van der Waals surface area contributed by atoms with E-state index >= 15 is 0 Å². The third kappa shape index (κ3) is 9.05. The number of amides is 2. The molecule has 1 unspecified atom stereocenters. The molecule has 1 N–H and O–H groups in total. The molecule has 0 aliphatic rings. The summed E-state index contributed by atoms with van der Waals surface area (Å²) < 4.78 is 40.4. The Hall–Kier alpha value is -3.47. The lowest BCUT2D eigenvalue weighted by atomic mass is 10.1. The maximum Gasteiger partial charge on any atom is 0.264 e. The van der Waals surface area contributed by atoms with Gasteiger partial charge in [0.15, 0.2) is 11.5 Å². The van der Waals surface area contributed by atoms with Crippen LogP contribution in [-0.2, 0) is 26.2 Å². The molecule has 1 atom stereocenters. The average Bonchev–Trinajstić information content (AvgIpc) is 2.95. The number of benzene rings is 3. The molecule has 0 fully saturated rings. The summed E-state index contributed by atoms with van der Waals surface area (Å²) in [6.45, 7) is 10.4. The standard InChI is InChI=1S/C33H41Cl2N3O6S/c1-9-28(32(40)36-33(4,5)6)37(19-23-10-12-26(34)27(35)17-23)31(39)20-38(24-15-21(2)14-22(3)16-24)45(41,42)25-11-13-29(43-7)30(18-25)44-8/h10-18,28H,9,19-20H2,1-8H3,(H,36,40). The van der Waals surface area contributed by atoms with E-state index in [0.717, 1.165) is 15.4 Å². The smallest absolute Gasteiger partial charge is 0.264 e. The molecule has 12 heteroatoms. The molecule has 0 saturated carbocycles. The number of carbonyl (C=O) groups excluding carboxylic acids is 2. The Balaban J connectivity index is 2.16. The van der Waals surface area contributed by atoms with Crippen molar-refractivity contribution in [2.45, 2.75) is 71.0 Å². The van der Waals surface area contributed by atoms with Crippen LogP contribution in [0.25, 0.3) is 0 Å². The van der Waals surface area contributed by atoms with E-state index in [1.54, 1.807) is 37.3 Å². The van der Waals surface area contributed by atoms with Gasteiger partial charge >= 0.3 is 0 Å². The number of anilines is 1. The van der Waals surface area contributed by atoms with Crippen molar-refractivity contribution >= 4 is 50.7 Å². The summed E-state index contributed by atoms with van der Waals surface area (Å²) in [4.78, 5) is 29.2. The van der Waals surface area contributed by atoms with Crippen LogP contribution in [-0.4, -0.2) is 57.5 Å². The summed E-state index contributed by atoms with van der Waals surface area (Å²) >= 11 is 12.4. The molecule has 0 spiro atoms. The van der Waals surface area contributed by atoms with Gasteiger partial charge in [0.2, 0.25) is 11.8 Å². The van der Waals surface area contributed by atoms with E-state index in [2.05, 4.69) is 5.32 Å². The molecule has 0 saturated heterocycles. The predicted molar refractivity (Wildman–Crippen MR) is 179 cm³/mol. The van der Waals surface area contributed by atoms with Crippen LogP contribution in [0.1, 0.15) is 50.8 Å². The zero-order valence-corrected chi connectivity index (χ0v) is 29.2. The first-order chi connectivity index (χ1) is 21.0. The minimum absolute atomic E-state index is 0.0110. The fraction of sp³-hybridized carbons (Fsp3) is 0.394. The van der Waals surface area contributed by atoms with Crippen LogP contribution in [0.15, 0.2) is 59.5 Å². The van der Waals surface area contributed by atoms with Gasteiger partial charge in [0, 0.05) is 18.2 Å². The monoisotopic (exact) mass is 677 g/mol. The highest BCUT2D eigenvalue weighted by Crippen LogP contribution is 2.33. The van der Waals surface area contributed by atoms with Crippen molar-refractivity contribution in [3.8, 4) is 11.5 Å². The number of nitrogens with zero attached hydrogens (tertiary/aromatic N) is 2. The fourth-order valence-electron chi connectivity index (χ4n) is 4.93. The maximum absolute atomic E-state index is 14.4. The number of nitrogens with one attached hydrogen (secondary N) is 1. The number of hydrogen-bond donors (Lipinski definition) is 1. The summed E-state index contributed by atoms with van der Waals surface area (Å²) in [7, 11) is -1.47. The Bertz CT molecular complexity index is 1640. The van der Waals surface area contributed by atoms with E-state index in [0.29, 0.717) is 27.0 Å². The normalized spacial score (nSPS) is 12.3. The molecular weight excluding hydrogens is 637 g/mol. The van der Waals surface area contributed by atoms with Crippen molar-refractivity contribution in [1.29, 1.82) is 0 Å². The van der Waals surface area contributed by atoms with Gasteiger partial charge in [-0.3, -0.25) is 13.9 Å². The summed E-state index contributed by atoms with van der Waals surface area (Å²) in [5.41, 5.74) is 1.99. The van der Waals surface area contributed by atoms with E-state index in [9.17, 15) is 18.0 Å². The number of rotatable bonds is 12. The third-order valence-corrected chi connectivity index (χ3v) is 9.45. The van der Waals surface area contributed by atoms with Gasteiger partial charge in [-0.2, -0.15) is 0 Å². The highest BCUT2D eigenvalue weighted by Gasteiger charge is 2.35. The van der Waals surface area contributed by atoms with E-state index in [4.69, 9.17) is 32.7 Å². The summed E-state index contributed by atoms with van der Waals surface area (Å²) in [5.74, 6) is -0.371. The molecule has 3 aromatic rings. The molecule has 45 heavy (non-hydrogen) atoms. The quantitative estimate of drug-likeness (QED) is 0.233. The van der Waals surface area contributed by atoms with Crippen LogP contribution >= 0.6 is 23.2 Å². The number of carbonyl (C=O) groups is 2. The Morgan fingerprint density at radius 3 is 2.04 bits per heavy atom. The van der Waals surface area contributed by atoms with Crippen molar-refractivity contribution in [2.75, 3.05) is 25.1 Å². The van der Waals surface area contributed by atoms with Crippen LogP contribution in [0, 0.1) is 13.8 Å². The second-order valence-electron chi connectivity index (χ2n) is 11.8. The first-order valence-electron chi connectivity index (χ1n) is 14.4. The number of sulfonamides is 1. The number of halogens is 2. The van der Waals surface area contributed by atoms with Gasteiger partial charge in [-0.15, -0.1) is 0 Å². The molecule has 0 aliphatic heterocycles. The van der Waals surface area contributed by atoms with Gasteiger partial charge < -0.3 is 19.7 Å². The van der Waals surface area contributed by atoms with Crippen molar-refractivity contribution in [1.82, 2.24) is 10.2 Å². The molecule has 0 radical (unpaired) electrons. The Morgan fingerprint density at radius 1 is 0.889 bits per heavy atom. The van der Waals surface area contributed by atoms with Crippen LogP contribution in [0.4, 0.5) is 5.69 Å². The molecule has 0 aromatic heterocycles. The van der Waals surface area contributed by atoms with Crippen molar-refractivity contribution in [3.63, 3.8) is 0 Å².